The summed E-state index contributed by atoms with van der Waals surface area (Å²) in [5.74, 6) is 1.69. The summed E-state index contributed by atoms with van der Waals surface area (Å²) in [6.07, 6.45) is 26.3. The van der Waals surface area contributed by atoms with Crippen molar-refractivity contribution >= 4 is 0 Å². The molecular weight excluding hydrogens is 392 g/mol. The maximum absolute atomic E-state index is 5.85. The second kappa shape index (κ2) is 17.4. The molecule has 1 aromatic heterocycles. The van der Waals surface area contributed by atoms with Crippen LogP contribution in [0.3, 0.4) is 0 Å². The number of hydrogen-bond donors (Lipinski definition) is 0. The van der Waals surface area contributed by atoms with Crippen molar-refractivity contribution < 1.29 is 4.74 Å². The van der Waals surface area contributed by atoms with Crippen LogP contribution in [0.25, 0.3) is 11.4 Å². The SMILES string of the molecule is CCCCCCC=CCCOc1ccc(-c2ncc(CCCCCCCCC)cn2)cc1. The number of unbranched alkanes of at least 4 members (excludes halogenated alkanes) is 10. The van der Waals surface area contributed by atoms with Crippen LogP contribution < -0.4 is 4.74 Å². The quantitative estimate of drug-likeness (QED) is 0.173. The van der Waals surface area contributed by atoms with Crippen LogP contribution in [0.5, 0.6) is 5.75 Å². The van der Waals surface area contributed by atoms with E-state index in [1.807, 2.05) is 36.7 Å². The molecule has 0 bridgehead atoms. The predicted molar refractivity (Wildman–Crippen MR) is 137 cm³/mol. The maximum atomic E-state index is 5.85. The van der Waals surface area contributed by atoms with E-state index in [1.165, 1.54) is 82.6 Å². The van der Waals surface area contributed by atoms with E-state index >= 15 is 0 Å². The van der Waals surface area contributed by atoms with Gasteiger partial charge in [-0.2, -0.15) is 0 Å². The van der Waals surface area contributed by atoms with Crippen molar-refractivity contribution in [3.63, 3.8) is 0 Å². The Morgan fingerprint density at radius 2 is 1.28 bits per heavy atom. The molecule has 0 N–H and O–H groups in total. The lowest BCUT2D eigenvalue weighted by Gasteiger charge is -2.06. The van der Waals surface area contributed by atoms with Gasteiger partial charge < -0.3 is 4.74 Å². The highest BCUT2D eigenvalue weighted by Crippen LogP contribution is 2.20. The van der Waals surface area contributed by atoms with Gasteiger partial charge in [0.15, 0.2) is 5.82 Å². The first-order valence-electron chi connectivity index (χ1n) is 13.0. The second-order valence-corrected chi connectivity index (χ2v) is 8.77. The highest BCUT2D eigenvalue weighted by atomic mass is 16.5. The Kier molecular flexibility index (Phi) is 14.2. The van der Waals surface area contributed by atoms with Crippen LogP contribution in [0.15, 0.2) is 48.8 Å². The number of ether oxygens (including phenoxy) is 1. The molecule has 0 saturated carbocycles. The Morgan fingerprint density at radius 1 is 0.688 bits per heavy atom. The minimum Gasteiger partial charge on any atom is -0.493 e. The predicted octanol–water partition coefficient (Wildman–Crippen LogP) is 8.73. The maximum Gasteiger partial charge on any atom is 0.159 e. The van der Waals surface area contributed by atoms with E-state index in [4.69, 9.17) is 4.74 Å². The molecule has 176 valence electrons. The van der Waals surface area contributed by atoms with E-state index in [0.29, 0.717) is 6.61 Å². The highest BCUT2D eigenvalue weighted by Gasteiger charge is 2.03. The Bertz CT molecular complexity index is 722. The lowest BCUT2D eigenvalue weighted by molar-refractivity contribution is 0.325. The minimum atomic E-state index is 0.717. The van der Waals surface area contributed by atoms with Gasteiger partial charge in [-0.05, 0) is 61.9 Å². The van der Waals surface area contributed by atoms with E-state index in [9.17, 15) is 0 Å². The number of aromatic nitrogens is 2. The molecule has 0 aliphatic heterocycles. The average molecular weight is 437 g/mol. The second-order valence-electron chi connectivity index (χ2n) is 8.77. The van der Waals surface area contributed by atoms with E-state index < -0.39 is 0 Å². The van der Waals surface area contributed by atoms with Gasteiger partial charge in [-0.15, -0.1) is 0 Å². The van der Waals surface area contributed by atoms with Crippen molar-refractivity contribution in [2.24, 2.45) is 0 Å². The molecular formula is C29H44N2O. The third-order valence-electron chi connectivity index (χ3n) is 5.83. The summed E-state index contributed by atoms with van der Waals surface area (Å²) in [7, 11) is 0. The third-order valence-corrected chi connectivity index (χ3v) is 5.83. The van der Waals surface area contributed by atoms with Gasteiger partial charge in [0.1, 0.15) is 5.75 Å². The molecule has 0 aliphatic rings. The number of aryl methyl sites for hydroxylation is 1. The van der Waals surface area contributed by atoms with Crippen molar-refractivity contribution in [1.29, 1.82) is 0 Å². The van der Waals surface area contributed by atoms with Gasteiger partial charge in [-0.3, -0.25) is 0 Å². The fourth-order valence-electron chi connectivity index (χ4n) is 3.79. The summed E-state index contributed by atoms with van der Waals surface area (Å²) in [4.78, 5) is 9.16. The monoisotopic (exact) mass is 436 g/mol. The lowest BCUT2D eigenvalue weighted by atomic mass is 10.1. The van der Waals surface area contributed by atoms with Crippen molar-refractivity contribution in [2.75, 3.05) is 6.61 Å². The van der Waals surface area contributed by atoms with Crippen molar-refractivity contribution in [2.45, 2.75) is 104 Å². The Balaban J connectivity index is 1.64. The highest BCUT2D eigenvalue weighted by molar-refractivity contribution is 5.55. The van der Waals surface area contributed by atoms with E-state index in [1.54, 1.807) is 0 Å². The molecule has 3 heteroatoms. The molecule has 0 saturated heterocycles. The molecule has 0 unspecified atom stereocenters. The van der Waals surface area contributed by atoms with Gasteiger partial charge in [0.25, 0.3) is 0 Å². The molecule has 1 aromatic carbocycles. The van der Waals surface area contributed by atoms with Gasteiger partial charge >= 0.3 is 0 Å². The zero-order valence-corrected chi connectivity index (χ0v) is 20.5. The number of allylic oxidation sites excluding steroid dienone is 1. The molecule has 2 rings (SSSR count). The standard InChI is InChI=1S/C29H44N2O/c1-3-5-7-9-11-13-15-17-23-32-28-21-19-27(20-22-28)29-30-24-26(25-31-29)18-16-14-12-10-8-6-4-2/h13,15,19-22,24-25H,3-12,14,16-18,23H2,1-2H3. The fraction of sp³-hybridized carbons (Fsp3) is 0.586. The Labute approximate surface area is 196 Å². The Hall–Kier alpha value is -2.16. The lowest BCUT2D eigenvalue weighted by Crippen LogP contribution is -1.96. The number of nitrogens with zero attached hydrogens (tertiary/aromatic N) is 2. The van der Waals surface area contributed by atoms with E-state index in [2.05, 4.69) is 36.0 Å². The molecule has 32 heavy (non-hydrogen) atoms. The summed E-state index contributed by atoms with van der Waals surface area (Å²) < 4.78 is 5.85. The van der Waals surface area contributed by atoms with Gasteiger partial charge in [-0.25, -0.2) is 9.97 Å². The zero-order valence-electron chi connectivity index (χ0n) is 20.5. The first-order chi connectivity index (χ1) is 15.8. The molecule has 0 spiro atoms. The molecule has 3 nitrogen and oxygen atoms in total. The van der Waals surface area contributed by atoms with Crippen molar-refractivity contribution in [3.8, 4) is 17.1 Å². The van der Waals surface area contributed by atoms with Crippen LogP contribution in [0, 0.1) is 0 Å². The minimum absolute atomic E-state index is 0.717. The summed E-state index contributed by atoms with van der Waals surface area (Å²) in [5.41, 5.74) is 2.27. The summed E-state index contributed by atoms with van der Waals surface area (Å²) in [6, 6.07) is 8.12. The fourth-order valence-corrected chi connectivity index (χ4v) is 3.79. The van der Waals surface area contributed by atoms with Crippen LogP contribution >= 0.6 is 0 Å². The summed E-state index contributed by atoms with van der Waals surface area (Å²) in [5, 5.41) is 0. The molecule has 1 heterocycles. The molecule has 0 aliphatic carbocycles. The number of benzene rings is 1. The van der Waals surface area contributed by atoms with Gasteiger partial charge in [-0.1, -0.05) is 83.8 Å². The summed E-state index contributed by atoms with van der Waals surface area (Å²) >= 11 is 0. The van der Waals surface area contributed by atoms with Crippen LogP contribution in [-0.4, -0.2) is 16.6 Å². The zero-order chi connectivity index (χ0) is 22.7. The summed E-state index contributed by atoms with van der Waals surface area (Å²) in [6.45, 7) is 5.23. The van der Waals surface area contributed by atoms with Gasteiger partial charge in [0, 0.05) is 18.0 Å². The molecule has 0 fully saturated rings. The first-order valence-corrected chi connectivity index (χ1v) is 13.0. The third kappa shape index (κ3) is 11.5. The first kappa shape index (κ1) is 26.1. The molecule has 0 atom stereocenters. The average Bonchev–Trinajstić information content (AvgIpc) is 2.83. The van der Waals surface area contributed by atoms with Crippen LogP contribution in [0.1, 0.15) is 103 Å². The topological polar surface area (TPSA) is 35.0 Å². The number of rotatable bonds is 18. The van der Waals surface area contributed by atoms with Crippen LogP contribution in [0.4, 0.5) is 0 Å². The smallest absolute Gasteiger partial charge is 0.159 e. The van der Waals surface area contributed by atoms with Crippen molar-refractivity contribution in [3.05, 3.63) is 54.4 Å². The molecule has 0 amide bonds. The Morgan fingerprint density at radius 3 is 1.97 bits per heavy atom. The van der Waals surface area contributed by atoms with E-state index in [-0.39, 0.29) is 0 Å². The van der Waals surface area contributed by atoms with Crippen LogP contribution in [0.2, 0.25) is 0 Å². The van der Waals surface area contributed by atoms with Gasteiger partial charge in [0.2, 0.25) is 0 Å². The number of hydrogen-bond acceptors (Lipinski definition) is 3. The van der Waals surface area contributed by atoms with Crippen molar-refractivity contribution in [1.82, 2.24) is 9.97 Å². The largest absolute Gasteiger partial charge is 0.493 e. The normalized spacial score (nSPS) is 11.3. The molecule has 0 radical (unpaired) electrons. The molecule has 2 aromatic rings. The van der Waals surface area contributed by atoms with E-state index in [0.717, 1.165) is 30.0 Å². The van der Waals surface area contributed by atoms with Crippen LogP contribution in [-0.2, 0) is 6.42 Å². The van der Waals surface area contributed by atoms with Gasteiger partial charge in [0.05, 0.1) is 6.61 Å².